The van der Waals surface area contributed by atoms with Gasteiger partial charge in [0.05, 0.1) is 19.3 Å². The van der Waals surface area contributed by atoms with E-state index in [1.54, 1.807) is 48.5 Å². The molecule has 1 N–H and O–H groups in total. The van der Waals surface area contributed by atoms with Gasteiger partial charge in [-0.15, -0.1) is 0 Å². The first-order valence-electron chi connectivity index (χ1n) is 9.40. The smallest absolute Gasteiger partial charge is 0.352 e. The zero-order valence-electron chi connectivity index (χ0n) is 16.2. The molecule has 9 heteroatoms. The van der Waals surface area contributed by atoms with Crippen molar-refractivity contribution in [1.82, 2.24) is 19.7 Å². The second kappa shape index (κ2) is 8.16. The van der Waals surface area contributed by atoms with E-state index >= 15 is 0 Å². The first-order chi connectivity index (χ1) is 14.5. The summed E-state index contributed by atoms with van der Waals surface area (Å²) >= 11 is 6.03. The number of hydrogen-bond donors (Lipinski definition) is 1. The van der Waals surface area contributed by atoms with Gasteiger partial charge in [0.25, 0.3) is 11.5 Å². The molecule has 0 aliphatic heterocycles. The van der Waals surface area contributed by atoms with Crippen LogP contribution in [-0.2, 0) is 6.54 Å². The Morgan fingerprint density at radius 3 is 2.57 bits per heavy atom. The molecule has 30 heavy (non-hydrogen) atoms. The molecule has 0 atom stereocenters. The maximum Gasteiger partial charge on any atom is 0.352 e. The molecule has 0 spiro atoms. The van der Waals surface area contributed by atoms with Gasteiger partial charge < -0.3 is 10.1 Å². The average Bonchev–Trinajstić information content (AvgIpc) is 3.55. The molecule has 3 aromatic rings. The van der Waals surface area contributed by atoms with Crippen LogP contribution in [0.2, 0.25) is 5.02 Å². The molecule has 4 rings (SSSR count). The predicted molar refractivity (Wildman–Crippen MR) is 112 cm³/mol. The van der Waals surface area contributed by atoms with Gasteiger partial charge >= 0.3 is 5.69 Å². The molecule has 1 aromatic heterocycles. The molecule has 1 aliphatic rings. The molecule has 1 aliphatic carbocycles. The van der Waals surface area contributed by atoms with Gasteiger partial charge in [0.2, 0.25) is 5.69 Å². The zero-order valence-corrected chi connectivity index (χ0v) is 16.9. The first-order valence-corrected chi connectivity index (χ1v) is 9.78. The fraction of sp³-hybridized carbons (Fsp3) is 0.238. The first kappa shape index (κ1) is 19.9. The summed E-state index contributed by atoms with van der Waals surface area (Å²) in [6.45, 7) is -0.0411. The topological polar surface area (TPSA) is 95.2 Å². The average molecular weight is 427 g/mol. The molecule has 8 nitrogen and oxygen atoms in total. The van der Waals surface area contributed by atoms with Crippen LogP contribution in [0.3, 0.4) is 0 Å². The van der Waals surface area contributed by atoms with Crippen molar-refractivity contribution >= 4 is 17.5 Å². The van der Waals surface area contributed by atoms with Crippen molar-refractivity contribution in [3.63, 3.8) is 0 Å². The summed E-state index contributed by atoms with van der Waals surface area (Å²) in [7, 11) is 1.53. The molecule has 154 valence electrons. The van der Waals surface area contributed by atoms with Crippen molar-refractivity contribution in [1.29, 1.82) is 0 Å². The van der Waals surface area contributed by atoms with Crippen molar-refractivity contribution < 1.29 is 9.53 Å². The third-order valence-electron chi connectivity index (χ3n) is 4.73. The van der Waals surface area contributed by atoms with E-state index in [-0.39, 0.29) is 18.3 Å². The lowest BCUT2D eigenvalue weighted by Crippen LogP contribution is -2.46. The highest BCUT2D eigenvalue weighted by Crippen LogP contribution is 2.19. The Bertz CT molecular complexity index is 1210. The van der Waals surface area contributed by atoms with Crippen molar-refractivity contribution in [2.75, 3.05) is 7.11 Å². The standard InChI is InChI=1S/C21H19ClN4O4/c1-30-17-9-7-16(8-10-17)26-21(29)25(12-13-3-2-4-14(22)11-13)20(28)18(24-26)19(27)23-15-5-6-15/h2-4,7-11,15H,5-6,12H2,1H3,(H,23,27). The van der Waals surface area contributed by atoms with Gasteiger partial charge in [-0.2, -0.15) is 9.78 Å². The number of carbonyl (C=O) groups excluding carboxylic acids is 1. The molecule has 1 heterocycles. The summed E-state index contributed by atoms with van der Waals surface area (Å²) in [6, 6.07) is 13.5. The van der Waals surface area contributed by atoms with E-state index in [4.69, 9.17) is 16.3 Å². The molecule has 2 aromatic carbocycles. The Morgan fingerprint density at radius 2 is 1.93 bits per heavy atom. The Labute approximate surface area is 176 Å². The largest absolute Gasteiger partial charge is 0.497 e. The Morgan fingerprint density at radius 1 is 1.20 bits per heavy atom. The van der Waals surface area contributed by atoms with Crippen LogP contribution in [0.1, 0.15) is 28.9 Å². The molecular formula is C21H19ClN4O4. The molecule has 1 amide bonds. The van der Waals surface area contributed by atoms with Crippen LogP contribution in [0.15, 0.2) is 58.1 Å². The summed E-state index contributed by atoms with van der Waals surface area (Å²) < 4.78 is 7.18. The number of hydrogen-bond acceptors (Lipinski definition) is 5. The lowest BCUT2D eigenvalue weighted by Gasteiger charge is -2.12. The van der Waals surface area contributed by atoms with Crippen molar-refractivity contribution in [2.45, 2.75) is 25.4 Å². The zero-order chi connectivity index (χ0) is 21.3. The van der Waals surface area contributed by atoms with Crippen LogP contribution in [0.4, 0.5) is 0 Å². The number of ether oxygens (including phenoxy) is 1. The van der Waals surface area contributed by atoms with Crippen LogP contribution in [0, 0.1) is 0 Å². The molecule has 0 bridgehead atoms. The van der Waals surface area contributed by atoms with E-state index < -0.39 is 17.2 Å². The number of amides is 1. The lowest BCUT2D eigenvalue weighted by molar-refractivity contribution is 0.0941. The van der Waals surface area contributed by atoms with Gasteiger partial charge in [0, 0.05) is 11.1 Å². The normalized spacial score (nSPS) is 13.1. The molecule has 1 fully saturated rings. The number of rotatable bonds is 6. The summed E-state index contributed by atoms with van der Waals surface area (Å²) in [5.74, 6) is 0.00959. The van der Waals surface area contributed by atoms with Crippen LogP contribution < -0.4 is 21.3 Å². The van der Waals surface area contributed by atoms with Gasteiger partial charge in [0.1, 0.15) is 5.75 Å². The number of carbonyl (C=O) groups is 1. The number of nitrogens with one attached hydrogen (secondary N) is 1. The minimum Gasteiger partial charge on any atom is -0.497 e. The highest BCUT2D eigenvalue weighted by molar-refractivity contribution is 6.30. The second-order valence-electron chi connectivity index (χ2n) is 7.01. The molecular weight excluding hydrogens is 408 g/mol. The molecule has 0 radical (unpaired) electrons. The lowest BCUT2D eigenvalue weighted by atomic mass is 10.2. The molecule has 1 saturated carbocycles. The fourth-order valence-corrected chi connectivity index (χ4v) is 3.20. The van der Waals surface area contributed by atoms with Gasteiger partial charge in [-0.25, -0.2) is 4.79 Å². The summed E-state index contributed by atoms with van der Waals surface area (Å²) in [5, 5.41) is 7.33. The van der Waals surface area contributed by atoms with Crippen LogP contribution in [0.5, 0.6) is 5.75 Å². The van der Waals surface area contributed by atoms with Crippen molar-refractivity contribution in [3.05, 3.63) is 85.6 Å². The Kier molecular flexibility index (Phi) is 5.41. The van der Waals surface area contributed by atoms with E-state index in [9.17, 15) is 14.4 Å². The van der Waals surface area contributed by atoms with E-state index in [1.165, 1.54) is 7.11 Å². The third kappa shape index (κ3) is 4.13. The van der Waals surface area contributed by atoms with Gasteiger partial charge in [0.15, 0.2) is 0 Å². The van der Waals surface area contributed by atoms with Crippen molar-refractivity contribution in [2.24, 2.45) is 0 Å². The minimum atomic E-state index is -0.747. The SMILES string of the molecule is COc1ccc(-n2nc(C(=O)NC3CC3)c(=O)n(Cc3cccc(Cl)c3)c2=O)cc1. The monoisotopic (exact) mass is 426 g/mol. The molecule has 0 saturated heterocycles. The van der Waals surface area contributed by atoms with Crippen molar-refractivity contribution in [3.8, 4) is 11.4 Å². The number of aromatic nitrogens is 3. The number of methoxy groups -OCH3 is 1. The Hall–Kier alpha value is -3.39. The van der Waals surface area contributed by atoms with Gasteiger partial charge in [-0.1, -0.05) is 23.7 Å². The predicted octanol–water partition coefficient (Wildman–Crippen LogP) is 2.00. The maximum absolute atomic E-state index is 13.1. The number of nitrogens with zero attached hydrogens (tertiary/aromatic N) is 3. The highest BCUT2D eigenvalue weighted by atomic mass is 35.5. The summed E-state index contributed by atoms with van der Waals surface area (Å²) in [4.78, 5) is 38.7. The maximum atomic E-state index is 13.1. The number of benzene rings is 2. The van der Waals surface area contributed by atoms with Crippen LogP contribution in [0.25, 0.3) is 5.69 Å². The van der Waals surface area contributed by atoms with E-state index in [0.717, 1.165) is 22.1 Å². The van der Waals surface area contributed by atoms with Gasteiger partial charge in [-0.05, 0) is 54.8 Å². The van der Waals surface area contributed by atoms with Crippen LogP contribution >= 0.6 is 11.6 Å². The minimum absolute atomic E-state index is 0.0411. The Balaban J connectivity index is 1.84. The second-order valence-corrected chi connectivity index (χ2v) is 7.45. The molecule has 0 unspecified atom stereocenters. The van der Waals surface area contributed by atoms with E-state index in [2.05, 4.69) is 10.4 Å². The highest BCUT2D eigenvalue weighted by Gasteiger charge is 2.27. The van der Waals surface area contributed by atoms with Crippen LogP contribution in [-0.4, -0.2) is 33.4 Å². The third-order valence-corrected chi connectivity index (χ3v) is 4.97. The van der Waals surface area contributed by atoms with E-state index in [1.807, 2.05) is 0 Å². The summed E-state index contributed by atoms with van der Waals surface area (Å²) in [6.07, 6.45) is 1.72. The van der Waals surface area contributed by atoms with Gasteiger partial charge in [-0.3, -0.25) is 14.2 Å². The number of halogens is 1. The van der Waals surface area contributed by atoms with E-state index in [0.29, 0.717) is 22.0 Å². The fourth-order valence-electron chi connectivity index (χ4n) is 2.99. The summed E-state index contributed by atoms with van der Waals surface area (Å²) in [5.41, 5.74) is -0.681. The quantitative estimate of drug-likeness (QED) is 0.650.